The van der Waals surface area contributed by atoms with Crippen LogP contribution in [0.3, 0.4) is 0 Å². The van der Waals surface area contributed by atoms with Crippen LogP contribution in [0.15, 0.2) is 24.3 Å². The number of benzene rings is 1. The standard InChI is InChI=1S/C14H20N2O/c1-2-15-14(17)10-11-6-8-13(9-7-11)16-12-4-3-5-12/h6-9,12,16H,2-5,10H2,1H3,(H,15,17). The van der Waals surface area contributed by atoms with E-state index >= 15 is 0 Å². The normalized spacial score (nSPS) is 15.1. The summed E-state index contributed by atoms with van der Waals surface area (Å²) in [4.78, 5) is 11.4. The van der Waals surface area contributed by atoms with Gasteiger partial charge in [-0.3, -0.25) is 4.79 Å². The van der Waals surface area contributed by atoms with Gasteiger partial charge in [-0.05, 0) is 43.9 Å². The van der Waals surface area contributed by atoms with Crippen LogP contribution in [0.25, 0.3) is 0 Å². The molecule has 1 aromatic carbocycles. The Morgan fingerprint density at radius 2 is 2.00 bits per heavy atom. The van der Waals surface area contributed by atoms with Crippen LogP contribution >= 0.6 is 0 Å². The fourth-order valence-electron chi connectivity index (χ4n) is 1.95. The van der Waals surface area contributed by atoms with Gasteiger partial charge in [0.15, 0.2) is 0 Å². The largest absolute Gasteiger partial charge is 0.382 e. The van der Waals surface area contributed by atoms with Crippen molar-refractivity contribution < 1.29 is 4.79 Å². The second kappa shape index (κ2) is 5.71. The smallest absolute Gasteiger partial charge is 0.224 e. The van der Waals surface area contributed by atoms with E-state index < -0.39 is 0 Å². The molecule has 2 rings (SSSR count). The molecule has 3 heteroatoms. The topological polar surface area (TPSA) is 41.1 Å². The minimum absolute atomic E-state index is 0.0900. The SMILES string of the molecule is CCNC(=O)Cc1ccc(NC2CCC2)cc1. The van der Waals surface area contributed by atoms with Crippen molar-refractivity contribution in [3.63, 3.8) is 0 Å². The molecular weight excluding hydrogens is 212 g/mol. The zero-order chi connectivity index (χ0) is 12.1. The highest BCUT2D eigenvalue weighted by Crippen LogP contribution is 2.23. The summed E-state index contributed by atoms with van der Waals surface area (Å²) >= 11 is 0. The minimum atomic E-state index is 0.0900. The van der Waals surface area contributed by atoms with Gasteiger partial charge in [0.25, 0.3) is 0 Å². The minimum Gasteiger partial charge on any atom is -0.382 e. The number of hydrogen-bond donors (Lipinski definition) is 2. The molecule has 0 aromatic heterocycles. The van der Waals surface area contributed by atoms with E-state index in [4.69, 9.17) is 0 Å². The maximum atomic E-state index is 11.4. The van der Waals surface area contributed by atoms with E-state index in [2.05, 4.69) is 22.8 Å². The fraction of sp³-hybridized carbons (Fsp3) is 0.500. The van der Waals surface area contributed by atoms with Crippen LogP contribution in [0, 0.1) is 0 Å². The van der Waals surface area contributed by atoms with Crippen LogP contribution < -0.4 is 10.6 Å². The Bertz CT molecular complexity index is 368. The van der Waals surface area contributed by atoms with Crippen molar-refractivity contribution in [1.29, 1.82) is 0 Å². The fourth-order valence-corrected chi connectivity index (χ4v) is 1.95. The number of likely N-dealkylation sites (N-methyl/N-ethyl adjacent to an activating group) is 1. The molecule has 1 saturated carbocycles. The average Bonchev–Trinajstić information content (AvgIpc) is 2.26. The molecule has 0 aliphatic heterocycles. The summed E-state index contributed by atoms with van der Waals surface area (Å²) in [6, 6.07) is 8.83. The monoisotopic (exact) mass is 232 g/mol. The Kier molecular flexibility index (Phi) is 4.02. The number of rotatable bonds is 5. The van der Waals surface area contributed by atoms with E-state index in [1.807, 2.05) is 19.1 Å². The lowest BCUT2D eigenvalue weighted by atomic mass is 9.93. The Morgan fingerprint density at radius 1 is 1.29 bits per heavy atom. The van der Waals surface area contributed by atoms with Gasteiger partial charge >= 0.3 is 0 Å². The number of hydrogen-bond acceptors (Lipinski definition) is 2. The molecule has 0 unspecified atom stereocenters. The van der Waals surface area contributed by atoms with Crippen molar-refractivity contribution in [3.8, 4) is 0 Å². The van der Waals surface area contributed by atoms with Gasteiger partial charge in [-0.25, -0.2) is 0 Å². The predicted molar refractivity (Wildman–Crippen MR) is 70.1 cm³/mol. The lowest BCUT2D eigenvalue weighted by Crippen LogP contribution is -2.27. The second-order valence-electron chi connectivity index (χ2n) is 4.60. The maximum absolute atomic E-state index is 11.4. The quantitative estimate of drug-likeness (QED) is 0.818. The van der Waals surface area contributed by atoms with E-state index in [1.165, 1.54) is 19.3 Å². The number of nitrogens with one attached hydrogen (secondary N) is 2. The third-order valence-corrected chi connectivity index (χ3v) is 3.17. The molecule has 0 heterocycles. The Morgan fingerprint density at radius 3 is 2.53 bits per heavy atom. The van der Waals surface area contributed by atoms with Crippen molar-refractivity contribution in [2.45, 2.75) is 38.6 Å². The Labute approximate surface area is 103 Å². The first-order valence-corrected chi connectivity index (χ1v) is 6.40. The van der Waals surface area contributed by atoms with Crippen LogP contribution in [0.4, 0.5) is 5.69 Å². The molecular formula is C14H20N2O. The van der Waals surface area contributed by atoms with Gasteiger partial charge in [0, 0.05) is 18.3 Å². The molecule has 0 radical (unpaired) electrons. The molecule has 0 saturated heterocycles. The summed E-state index contributed by atoms with van der Waals surface area (Å²) in [6.07, 6.45) is 4.37. The van der Waals surface area contributed by atoms with Crippen LogP contribution in [0.2, 0.25) is 0 Å². The van der Waals surface area contributed by atoms with Crippen LogP contribution in [-0.2, 0) is 11.2 Å². The molecule has 0 bridgehead atoms. The summed E-state index contributed by atoms with van der Waals surface area (Å²) in [5.74, 6) is 0.0900. The molecule has 1 aliphatic carbocycles. The summed E-state index contributed by atoms with van der Waals surface area (Å²) in [5, 5.41) is 6.29. The third kappa shape index (κ3) is 3.48. The van der Waals surface area contributed by atoms with Gasteiger partial charge in [-0.1, -0.05) is 12.1 Å². The highest BCUT2D eigenvalue weighted by molar-refractivity contribution is 5.78. The molecule has 2 N–H and O–H groups in total. The molecule has 1 amide bonds. The highest BCUT2D eigenvalue weighted by atomic mass is 16.1. The van der Waals surface area contributed by atoms with Gasteiger partial charge in [-0.15, -0.1) is 0 Å². The summed E-state index contributed by atoms with van der Waals surface area (Å²) < 4.78 is 0. The second-order valence-corrected chi connectivity index (χ2v) is 4.60. The van der Waals surface area contributed by atoms with Crippen molar-refractivity contribution in [2.75, 3.05) is 11.9 Å². The molecule has 1 fully saturated rings. The van der Waals surface area contributed by atoms with E-state index in [0.717, 1.165) is 11.3 Å². The van der Waals surface area contributed by atoms with Crippen LogP contribution in [0.5, 0.6) is 0 Å². The molecule has 92 valence electrons. The highest BCUT2D eigenvalue weighted by Gasteiger charge is 2.16. The van der Waals surface area contributed by atoms with Gasteiger partial charge in [0.1, 0.15) is 0 Å². The number of carbonyl (C=O) groups is 1. The van der Waals surface area contributed by atoms with Crippen molar-refractivity contribution in [1.82, 2.24) is 5.32 Å². The lowest BCUT2D eigenvalue weighted by molar-refractivity contribution is -0.120. The first-order chi connectivity index (χ1) is 8.28. The number of anilines is 1. The van der Waals surface area contributed by atoms with Crippen LogP contribution in [0.1, 0.15) is 31.7 Å². The third-order valence-electron chi connectivity index (χ3n) is 3.17. The van der Waals surface area contributed by atoms with E-state index in [-0.39, 0.29) is 5.91 Å². The number of carbonyl (C=O) groups excluding carboxylic acids is 1. The van der Waals surface area contributed by atoms with Gasteiger partial charge < -0.3 is 10.6 Å². The van der Waals surface area contributed by atoms with E-state index in [1.54, 1.807) is 0 Å². The average molecular weight is 232 g/mol. The van der Waals surface area contributed by atoms with Crippen molar-refractivity contribution in [3.05, 3.63) is 29.8 Å². The zero-order valence-electron chi connectivity index (χ0n) is 10.3. The summed E-state index contributed by atoms with van der Waals surface area (Å²) in [7, 11) is 0. The van der Waals surface area contributed by atoms with Crippen molar-refractivity contribution >= 4 is 11.6 Å². The van der Waals surface area contributed by atoms with Gasteiger partial charge in [0.05, 0.1) is 6.42 Å². The van der Waals surface area contributed by atoms with Gasteiger partial charge in [-0.2, -0.15) is 0 Å². The van der Waals surface area contributed by atoms with E-state index in [9.17, 15) is 4.79 Å². The summed E-state index contributed by atoms with van der Waals surface area (Å²) in [5.41, 5.74) is 2.23. The molecule has 17 heavy (non-hydrogen) atoms. The number of amides is 1. The zero-order valence-corrected chi connectivity index (χ0v) is 10.3. The van der Waals surface area contributed by atoms with Gasteiger partial charge in [0.2, 0.25) is 5.91 Å². The molecule has 1 aromatic rings. The lowest BCUT2D eigenvalue weighted by Gasteiger charge is -2.27. The Balaban J connectivity index is 1.86. The first-order valence-electron chi connectivity index (χ1n) is 6.40. The molecule has 3 nitrogen and oxygen atoms in total. The van der Waals surface area contributed by atoms with Crippen molar-refractivity contribution in [2.24, 2.45) is 0 Å². The molecule has 0 atom stereocenters. The Hall–Kier alpha value is -1.51. The predicted octanol–water partition coefficient (Wildman–Crippen LogP) is 2.33. The maximum Gasteiger partial charge on any atom is 0.224 e. The summed E-state index contributed by atoms with van der Waals surface area (Å²) in [6.45, 7) is 2.63. The molecule has 1 aliphatic rings. The van der Waals surface area contributed by atoms with Crippen LogP contribution in [-0.4, -0.2) is 18.5 Å². The first kappa shape index (κ1) is 12.0. The van der Waals surface area contributed by atoms with E-state index in [0.29, 0.717) is 19.0 Å². The molecule has 0 spiro atoms.